The van der Waals surface area contributed by atoms with Crippen LogP contribution in [0.15, 0.2) is 55.0 Å². The minimum absolute atomic E-state index is 0.0219. The molecule has 0 radical (unpaired) electrons. The van der Waals surface area contributed by atoms with Crippen LogP contribution in [0.5, 0.6) is 5.75 Å². The first kappa shape index (κ1) is 26.2. The van der Waals surface area contributed by atoms with Gasteiger partial charge in [0.15, 0.2) is 0 Å². The summed E-state index contributed by atoms with van der Waals surface area (Å²) in [4.78, 5) is 12.6. The molecule has 194 valence electrons. The molecule has 0 atom stereocenters. The fourth-order valence-electron chi connectivity index (χ4n) is 4.31. The number of benzene rings is 1. The quantitative estimate of drug-likeness (QED) is 0.349. The largest absolute Gasteiger partial charge is 0.573 e. The molecule has 0 spiro atoms. The number of pyridine rings is 1. The van der Waals surface area contributed by atoms with Crippen LogP contribution >= 0.6 is 0 Å². The van der Waals surface area contributed by atoms with Crippen molar-refractivity contribution in [2.45, 2.75) is 51.2 Å². The van der Waals surface area contributed by atoms with E-state index in [9.17, 15) is 18.4 Å². The molecule has 4 rings (SSSR count). The van der Waals surface area contributed by atoms with Crippen molar-refractivity contribution in [2.24, 2.45) is 5.92 Å². The minimum atomic E-state index is -4.78. The molecule has 0 bridgehead atoms. The summed E-state index contributed by atoms with van der Waals surface area (Å²) in [5.41, 5.74) is 1.82. The molecule has 1 saturated carbocycles. The molecule has 8 nitrogen and oxygen atoms in total. The summed E-state index contributed by atoms with van der Waals surface area (Å²) < 4.78 is 42.1. The first-order valence-corrected chi connectivity index (χ1v) is 12.1. The third-order valence-corrected chi connectivity index (χ3v) is 6.29. The number of hydrogen-bond donors (Lipinski definition) is 3. The second-order valence-corrected chi connectivity index (χ2v) is 8.91. The van der Waals surface area contributed by atoms with Gasteiger partial charge in [0.1, 0.15) is 23.2 Å². The molecule has 11 heteroatoms. The van der Waals surface area contributed by atoms with E-state index in [1.54, 1.807) is 18.5 Å². The lowest BCUT2D eigenvalue weighted by atomic mass is 9.86. The minimum Gasteiger partial charge on any atom is -0.405 e. The molecule has 2 aromatic heterocycles. The van der Waals surface area contributed by atoms with E-state index in [0.717, 1.165) is 32.2 Å². The van der Waals surface area contributed by atoms with Gasteiger partial charge in [-0.05, 0) is 55.4 Å². The Morgan fingerprint density at radius 2 is 1.76 bits per heavy atom. The van der Waals surface area contributed by atoms with Crippen LogP contribution < -0.4 is 20.7 Å². The predicted molar refractivity (Wildman–Crippen MR) is 133 cm³/mol. The highest BCUT2D eigenvalue weighted by Gasteiger charge is 2.32. The molecule has 0 saturated heterocycles. The Hall–Kier alpha value is -3.91. The van der Waals surface area contributed by atoms with Crippen LogP contribution in [0.4, 0.5) is 24.9 Å². The zero-order valence-corrected chi connectivity index (χ0v) is 20.1. The average Bonchev–Trinajstić information content (AvgIpc) is 2.90. The molecule has 3 N–H and O–H groups in total. The summed E-state index contributed by atoms with van der Waals surface area (Å²) in [5, 5.41) is 19.3. The van der Waals surface area contributed by atoms with Crippen molar-refractivity contribution >= 4 is 11.8 Å². The van der Waals surface area contributed by atoms with Crippen LogP contribution in [0.3, 0.4) is 0 Å². The molecule has 1 fully saturated rings. The number of anilines is 2. The van der Waals surface area contributed by atoms with E-state index in [0.29, 0.717) is 35.4 Å². The van der Waals surface area contributed by atoms with Gasteiger partial charge in [0.05, 0.1) is 6.20 Å². The van der Waals surface area contributed by atoms with Crippen LogP contribution in [0.25, 0.3) is 0 Å². The first-order valence-electron chi connectivity index (χ1n) is 12.1. The van der Waals surface area contributed by atoms with Crippen molar-refractivity contribution in [2.75, 3.05) is 17.2 Å². The second-order valence-electron chi connectivity index (χ2n) is 8.91. The Balaban J connectivity index is 1.28. The maximum Gasteiger partial charge on any atom is 0.573 e. The van der Waals surface area contributed by atoms with Gasteiger partial charge in [0, 0.05) is 43.6 Å². The summed E-state index contributed by atoms with van der Waals surface area (Å²) >= 11 is 0. The SMILES string of the molecule is N#Cc1cnc(NCc2ccccc2OC(F)(F)F)nc1NC[C@H]1CC[C@H](NCc2ccncc2)CC1. The van der Waals surface area contributed by atoms with Crippen molar-refractivity contribution in [3.05, 3.63) is 71.7 Å². The highest BCUT2D eigenvalue weighted by molar-refractivity contribution is 5.53. The Labute approximate surface area is 213 Å². The Morgan fingerprint density at radius 1 is 1.00 bits per heavy atom. The fourth-order valence-corrected chi connectivity index (χ4v) is 4.31. The van der Waals surface area contributed by atoms with Crippen LogP contribution in [0, 0.1) is 17.2 Å². The normalized spacial score (nSPS) is 17.6. The summed E-state index contributed by atoms with van der Waals surface area (Å²) in [6.45, 7) is 1.52. The smallest absolute Gasteiger partial charge is 0.405 e. The number of alkyl halides is 3. The second kappa shape index (κ2) is 12.4. The molecule has 0 amide bonds. The van der Waals surface area contributed by atoms with E-state index >= 15 is 0 Å². The van der Waals surface area contributed by atoms with Crippen molar-refractivity contribution in [3.8, 4) is 11.8 Å². The van der Waals surface area contributed by atoms with Gasteiger partial charge < -0.3 is 20.7 Å². The molecular weight excluding hydrogens is 483 g/mol. The van der Waals surface area contributed by atoms with Crippen molar-refractivity contribution in [3.63, 3.8) is 0 Å². The molecular formula is C26H28F3N7O. The number of nitriles is 1. The predicted octanol–water partition coefficient (Wildman–Crippen LogP) is 5.01. The highest BCUT2D eigenvalue weighted by atomic mass is 19.4. The number of aromatic nitrogens is 3. The Morgan fingerprint density at radius 3 is 2.49 bits per heavy atom. The number of rotatable bonds is 10. The zero-order valence-electron chi connectivity index (χ0n) is 20.1. The topological polar surface area (TPSA) is 108 Å². The number of hydrogen-bond acceptors (Lipinski definition) is 8. The van der Waals surface area contributed by atoms with Gasteiger partial charge in [-0.1, -0.05) is 18.2 Å². The molecule has 3 aromatic rings. The van der Waals surface area contributed by atoms with Crippen molar-refractivity contribution in [1.82, 2.24) is 20.3 Å². The monoisotopic (exact) mass is 511 g/mol. The summed E-state index contributed by atoms with van der Waals surface area (Å²) in [5.74, 6) is 0.758. The van der Waals surface area contributed by atoms with Gasteiger partial charge in [-0.2, -0.15) is 10.2 Å². The number of para-hydroxylation sites is 1. The average molecular weight is 512 g/mol. The standard InChI is InChI=1S/C26H28F3N7O/c27-26(28,29)37-23-4-2-1-3-20(23)16-34-25-35-17-21(13-30)24(36-25)33-15-18-5-7-22(8-6-18)32-14-19-9-11-31-12-10-19/h1-4,9-12,17-18,22,32H,5-8,14-16H2,(H2,33,34,35,36)/t18-,22-. The molecule has 0 aliphatic heterocycles. The molecule has 37 heavy (non-hydrogen) atoms. The highest BCUT2D eigenvalue weighted by Crippen LogP contribution is 2.27. The van der Waals surface area contributed by atoms with Crippen LogP contribution in [0.1, 0.15) is 42.4 Å². The van der Waals surface area contributed by atoms with E-state index in [1.165, 1.54) is 30.0 Å². The van der Waals surface area contributed by atoms with E-state index < -0.39 is 6.36 Å². The molecule has 2 heterocycles. The van der Waals surface area contributed by atoms with Crippen LogP contribution in [-0.2, 0) is 13.1 Å². The number of ether oxygens (including phenoxy) is 1. The van der Waals surface area contributed by atoms with Gasteiger partial charge in [0.25, 0.3) is 0 Å². The summed E-state index contributed by atoms with van der Waals surface area (Å²) in [6, 6.07) is 12.4. The third kappa shape index (κ3) is 8.05. The number of halogens is 3. The lowest BCUT2D eigenvalue weighted by molar-refractivity contribution is -0.274. The first-order chi connectivity index (χ1) is 17.9. The van der Waals surface area contributed by atoms with Crippen LogP contribution in [0.2, 0.25) is 0 Å². The summed E-state index contributed by atoms with van der Waals surface area (Å²) in [7, 11) is 0. The Kier molecular flexibility index (Phi) is 8.74. The van der Waals surface area contributed by atoms with Gasteiger partial charge in [0.2, 0.25) is 5.95 Å². The number of nitrogens with one attached hydrogen (secondary N) is 3. The van der Waals surface area contributed by atoms with Gasteiger partial charge in [-0.25, -0.2) is 4.98 Å². The maximum atomic E-state index is 12.7. The van der Waals surface area contributed by atoms with Crippen molar-refractivity contribution < 1.29 is 17.9 Å². The molecule has 1 aliphatic rings. The summed E-state index contributed by atoms with van der Waals surface area (Å²) in [6.07, 6.45) is 4.44. The molecule has 1 aromatic carbocycles. The maximum absolute atomic E-state index is 12.7. The van der Waals surface area contributed by atoms with Gasteiger partial charge >= 0.3 is 6.36 Å². The third-order valence-electron chi connectivity index (χ3n) is 6.29. The van der Waals surface area contributed by atoms with Crippen molar-refractivity contribution in [1.29, 1.82) is 5.26 Å². The fraction of sp³-hybridized carbons (Fsp3) is 0.385. The molecule has 1 aliphatic carbocycles. The molecule has 0 unspecified atom stereocenters. The number of nitrogens with zero attached hydrogens (tertiary/aromatic N) is 4. The van der Waals surface area contributed by atoms with Gasteiger partial charge in [-0.3, -0.25) is 4.98 Å². The lowest BCUT2D eigenvalue weighted by Crippen LogP contribution is -2.34. The van der Waals surface area contributed by atoms with E-state index in [2.05, 4.69) is 41.7 Å². The van der Waals surface area contributed by atoms with Crippen LogP contribution in [-0.4, -0.2) is 33.9 Å². The lowest BCUT2D eigenvalue weighted by Gasteiger charge is -2.29. The van der Waals surface area contributed by atoms with E-state index in [-0.39, 0.29) is 18.2 Å². The van der Waals surface area contributed by atoms with E-state index in [4.69, 9.17) is 0 Å². The van der Waals surface area contributed by atoms with Gasteiger partial charge in [-0.15, -0.1) is 13.2 Å². The Bertz CT molecular complexity index is 1190. The van der Waals surface area contributed by atoms with E-state index in [1.807, 2.05) is 12.1 Å². The zero-order chi connectivity index (χ0) is 26.1.